The third-order valence-corrected chi connectivity index (χ3v) is 11.5. The van der Waals surface area contributed by atoms with Gasteiger partial charge in [0, 0.05) is 67.6 Å². The number of rotatable bonds is 6. The molecule has 0 aliphatic carbocycles. The molecule has 0 bridgehead atoms. The second kappa shape index (κ2) is 14.8. The normalized spacial score (nSPS) is 17.8. The maximum Gasteiger partial charge on any atom is 0.227 e. The average molecular weight is 735 g/mol. The highest BCUT2D eigenvalue weighted by atomic mass is 35.5. The monoisotopic (exact) mass is 734 g/mol. The number of fused-ring (bicyclic) bond motifs is 2. The van der Waals surface area contributed by atoms with E-state index < -0.39 is 21.6 Å². The minimum absolute atomic E-state index is 0.0940. The van der Waals surface area contributed by atoms with Crippen molar-refractivity contribution in [1.82, 2.24) is 19.9 Å². The molecule has 1 fully saturated rings. The number of hydrogen-bond donors (Lipinski definition) is 2. The van der Waals surface area contributed by atoms with Gasteiger partial charge < -0.3 is 20.4 Å². The van der Waals surface area contributed by atoms with Gasteiger partial charge in [0.15, 0.2) is 11.6 Å². The van der Waals surface area contributed by atoms with Gasteiger partial charge in [0.05, 0.1) is 33.0 Å². The van der Waals surface area contributed by atoms with Gasteiger partial charge in [-0.25, -0.2) is 18.7 Å². The Kier molecular flexibility index (Phi) is 10.0. The molecule has 10 nitrogen and oxygen atoms in total. The maximum absolute atomic E-state index is 13.6. The van der Waals surface area contributed by atoms with E-state index in [1.807, 2.05) is 0 Å². The Morgan fingerprint density at radius 2 is 1.22 bits per heavy atom. The highest BCUT2D eigenvalue weighted by Crippen LogP contribution is 2.33. The number of nitrogens with one attached hydrogen (secondary N) is 2. The smallest absolute Gasteiger partial charge is 0.227 e. The summed E-state index contributed by atoms with van der Waals surface area (Å²) in [6.45, 7) is 5.46. The van der Waals surface area contributed by atoms with E-state index >= 15 is 0 Å². The van der Waals surface area contributed by atoms with Crippen LogP contribution in [0.1, 0.15) is 17.0 Å². The van der Waals surface area contributed by atoms with Gasteiger partial charge >= 0.3 is 0 Å². The molecule has 3 aliphatic heterocycles. The molecule has 5 heterocycles. The number of nitrogens with zero attached hydrogens (tertiary/aromatic N) is 6. The van der Waals surface area contributed by atoms with Gasteiger partial charge in [0.2, 0.25) is 11.2 Å². The third-order valence-electron chi connectivity index (χ3n) is 8.44. The molecule has 1 saturated heterocycles. The fourth-order valence-corrected chi connectivity index (χ4v) is 8.85. The van der Waals surface area contributed by atoms with Crippen LogP contribution in [0, 0.1) is 18.6 Å². The Morgan fingerprint density at radius 3 is 1.80 bits per heavy atom. The zero-order valence-corrected chi connectivity index (χ0v) is 29.4. The Labute approximate surface area is 298 Å². The first-order valence-corrected chi connectivity index (χ1v) is 19.1. The minimum Gasteiger partial charge on any atom is -0.368 e. The minimum atomic E-state index is -1.14. The van der Waals surface area contributed by atoms with Crippen molar-refractivity contribution in [3.05, 3.63) is 107 Å². The molecule has 3 aromatic carbocycles. The molecule has 0 amide bonds. The molecule has 8 rings (SSSR count). The van der Waals surface area contributed by atoms with Crippen LogP contribution in [0.25, 0.3) is 0 Å². The Hall–Kier alpha value is -4.53. The van der Waals surface area contributed by atoms with Crippen molar-refractivity contribution in [3.8, 4) is 0 Å². The van der Waals surface area contributed by atoms with Crippen LogP contribution in [0.2, 0.25) is 5.28 Å². The number of aromatic nitrogens is 4. The van der Waals surface area contributed by atoms with Crippen LogP contribution < -0.4 is 20.4 Å². The van der Waals surface area contributed by atoms with Gasteiger partial charge in [-0.15, -0.1) is 0 Å². The van der Waals surface area contributed by atoms with Crippen molar-refractivity contribution in [3.63, 3.8) is 0 Å². The molecule has 258 valence electrons. The summed E-state index contributed by atoms with van der Waals surface area (Å²) < 4.78 is 51.3. The van der Waals surface area contributed by atoms with E-state index in [-0.39, 0.29) is 16.9 Å². The van der Waals surface area contributed by atoms with E-state index in [2.05, 4.69) is 61.6 Å². The highest BCUT2D eigenvalue weighted by Gasteiger charge is 2.29. The fraction of sp³-hybridized carbons (Fsp3) is 0.257. The molecule has 5 aromatic rings. The molecular formula is C35H33ClF2N8O2S2. The van der Waals surface area contributed by atoms with Gasteiger partial charge in [-0.2, -0.15) is 9.97 Å². The molecule has 50 heavy (non-hydrogen) atoms. The lowest BCUT2D eigenvalue weighted by Crippen LogP contribution is -2.47. The quantitative estimate of drug-likeness (QED) is 0.192. The summed E-state index contributed by atoms with van der Waals surface area (Å²) in [6, 6.07) is 20.7. The molecule has 2 atom stereocenters. The summed E-state index contributed by atoms with van der Waals surface area (Å²) in [5, 5.41) is 6.22. The maximum atomic E-state index is 13.6. The fourth-order valence-electron chi connectivity index (χ4n) is 6.06. The SMILES string of the molecule is Cc1cccc(N2CCN(c3nc4c(c(Nc5cccc(F)c5)n3)S(=O)CC4)CC2)c1.O=S1CCc2nc(Cl)nc(Nc3cccc(F)c3)c21. The Balaban J connectivity index is 0.000000176. The number of piperazine rings is 1. The Morgan fingerprint density at radius 1 is 0.680 bits per heavy atom. The predicted octanol–water partition coefficient (Wildman–Crippen LogP) is 6.33. The van der Waals surface area contributed by atoms with Crippen molar-refractivity contribution >= 4 is 67.8 Å². The molecule has 2 unspecified atom stereocenters. The topological polar surface area (TPSA) is 116 Å². The zero-order chi connectivity index (χ0) is 34.8. The lowest BCUT2D eigenvalue weighted by Gasteiger charge is -2.36. The van der Waals surface area contributed by atoms with Gasteiger partial charge in [-0.1, -0.05) is 24.3 Å². The number of benzene rings is 3. The number of anilines is 6. The van der Waals surface area contributed by atoms with Gasteiger partial charge in [0.25, 0.3) is 0 Å². The number of halogens is 3. The summed E-state index contributed by atoms with van der Waals surface area (Å²) in [6.07, 6.45) is 1.28. The van der Waals surface area contributed by atoms with E-state index in [4.69, 9.17) is 21.6 Å². The van der Waals surface area contributed by atoms with Gasteiger partial charge in [-0.05, 0) is 72.6 Å². The number of hydrogen-bond acceptors (Lipinski definition) is 10. The number of aryl methyl sites for hydroxylation is 3. The van der Waals surface area contributed by atoms with Crippen LogP contribution in [0.3, 0.4) is 0 Å². The molecule has 15 heteroatoms. The van der Waals surface area contributed by atoms with Crippen molar-refractivity contribution in [2.75, 3.05) is 58.1 Å². The van der Waals surface area contributed by atoms with Crippen molar-refractivity contribution < 1.29 is 17.2 Å². The molecule has 0 radical (unpaired) electrons. The first kappa shape index (κ1) is 33.9. The lowest BCUT2D eigenvalue weighted by atomic mass is 10.2. The summed E-state index contributed by atoms with van der Waals surface area (Å²) in [4.78, 5) is 23.3. The van der Waals surface area contributed by atoms with E-state index in [9.17, 15) is 17.2 Å². The van der Waals surface area contributed by atoms with Gasteiger partial charge in [0.1, 0.15) is 21.4 Å². The van der Waals surface area contributed by atoms with Crippen LogP contribution in [0.4, 0.5) is 43.4 Å². The molecule has 2 aromatic heterocycles. The third kappa shape index (κ3) is 7.62. The van der Waals surface area contributed by atoms with Gasteiger partial charge in [-0.3, -0.25) is 8.42 Å². The van der Waals surface area contributed by atoms with E-state index in [1.54, 1.807) is 24.3 Å². The van der Waals surface area contributed by atoms with Crippen molar-refractivity contribution in [2.45, 2.75) is 29.6 Å². The van der Waals surface area contributed by atoms with Crippen molar-refractivity contribution in [1.29, 1.82) is 0 Å². The zero-order valence-electron chi connectivity index (χ0n) is 27.0. The standard InChI is InChI=1S/C23H24FN5OS.C12H9ClFN3OS/c1-16-4-2-7-19(14-16)28-9-11-29(12-10-28)23-26-20-8-13-31(30)21(20)22(27-23)25-18-6-3-5-17(24)15-18;13-12-16-9-4-5-19(18)10(9)11(17-12)15-8-3-1-2-7(14)6-8/h2-7,14-15H,8-13H2,1H3,(H,25,26,27);1-3,6H,4-5H2,(H,15,16,17). The van der Waals surface area contributed by atoms with Crippen LogP contribution in [-0.4, -0.2) is 66.0 Å². The molecule has 3 aliphatic rings. The van der Waals surface area contributed by atoms with E-state index in [1.165, 1.54) is 35.5 Å². The summed E-state index contributed by atoms with van der Waals surface area (Å²) in [5.74, 6) is 1.92. The summed E-state index contributed by atoms with van der Waals surface area (Å²) in [5.41, 5.74) is 5.11. The largest absolute Gasteiger partial charge is 0.368 e. The van der Waals surface area contributed by atoms with Crippen LogP contribution in [0.5, 0.6) is 0 Å². The van der Waals surface area contributed by atoms with Crippen molar-refractivity contribution in [2.24, 2.45) is 0 Å². The van der Waals surface area contributed by atoms with Crippen LogP contribution >= 0.6 is 11.6 Å². The average Bonchev–Trinajstić information content (AvgIpc) is 3.67. The van der Waals surface area contributed by atoms with E-state index in [0.717, 1.165) is 31.9 Å². The lowest BCUT2D eigenvalue weighted by molar-refractivity contribution is 0.628. The molecular weight excluding hydrogens is 702 g/mol. The second-order valence-corrected chi connectivity index (χ2v) is 15.3. The van der Waals surface area contributed by atoms with Crippen LogP contribution in [0.15, 0.2) is 82.6 Å². The second-order valence-electron chi connectivity index (χ2n) is 11.9. The molecule has 0 spiro atoms. The van der Waals surface area contributed by atoms with E-state index in [0.29, 0.717) is 68.8 Å². The molecule has 2 N–H and O–H groups in total. The van der Waals surface area contributed by atoms with Crippen LogP contribution in [-0.2, 0) is 34.4 Å². The molecule has 0 saturated carbocycles. The predicted molar refractivity (Wildman–Crippen MR) is 194 cm³/mol. The first-order valence-electron chi connectivity index (χ1n) is 16.1. The summed E-state index contributed by atoms with van der Waals surface area (Å²) in [7, 11) is -2.28. The Bertz CT molecular complexity index is 2120. The summed E-state index contributed by atoms with van der Waals surface area (Å²) >= 11 is 5.84. The first-order chi connectivity index (χ1) is 24.2. The highest BCUT2D eigenvalue weighted by molar-refractivity contribution is 7.85.